The molecule has 1 aliphatic rings. The van der Waals surface area contributed by atoms with Gasteiger partial charge in [-0.2, -0.15) is 0 Å². The lowest BCUT2D eigenvalue weighted by Gasteiger charge is -2.11. The Labute approximate surface area is 172 Å². The Kier molecular flexibility index (Phi) is 5.04. The van der Waals surface area contributed by atoms with Crippen molar-refractivity contribution in [2.24, 2.45) is 0 Å². The quantitative estimate of drug-likeness (QED) is 0.635. The van der Waals surface area contributed by atoms with Crippen molar-refractivity contribution in [3.63, 3.8) is 0 Å². The van der Waals surface area contributed by atoms with Gasteiger partial charge in [-0.05, 0) is 42.5 Å². The lowest BCUT2D eigenvalue weighted by Crippen LogP contribution is -2.14. The second kappa shape index (κ2) is 7.65. The number of hydrogen-bond donors (Lipinski definition) is 2. The maximum atomic E-state index is 12.5. The Bertz CT molecular complexity index is 1180. The first kappa shape index (κ1) is 19.1. The molecule has 0 fully saturated rings. The smallest absolute Gasteiger partial charge is 0.261 e. The van der Waals surface area contributed by atoms with Gasteiger partial charge in [0.15, 0.2) is 11.5 Å². The van der Waals surface area contributed by atoms with Crippen molar-refractivity contribution in [2.45, 2.75) is 4.90 Å². The number of carbonyl (C=O) groups is 1. The normalized spacial score (nSPS) is 12.4. The number of ether oxygens (including phenoxy) is 2. The molecule has 0 spiro atoms. The van der Waals surface area contributed by atoms with Crippen LogP contribution in [0.25, 0.3) is 0 Å². The average molecular weight is 431 g/mol. The van der Waals surface area contributed by atoms with Gasteiger partial charge in [0.1, 0.15) is 0 Å². The third-order valence-corrected chi connectivity index (χ3v) is 5.86. The fourth-order valence-electron chi connectivity index (χ4n) is 2.75. The highest BCUT2D eigenvalue weighted by Crippen LogP contribution is 2.34. The fourth-order valence-corrected chi connectivity index (χ4v) is 4.09. The van der Waals surface area contributed by atoms with Gasteiger partial charge in [0.2, 0.25) is 6.79 Å². The van der Waals surface area contributed by atoms with Gasteiger partial charge < -0.3 is 14.8 Å². The summed E-state index contributed by atoms with van der Waals surface area (Å²) in [4.78, 5) is 12.7. The van der Waals surface area contributed by atoms with Crippen molar-refractivity contribution in [2.75, 3.05) is 16.8 Å². The average Bonchev–Trinajstić information content (AvgIpc) is 3.16. The summed E-state index contributed by atoms with van der Waals surface area (Å²) >= 11 is 6.22. The minimum atomic E-state index is -3.75. The van der Waals surface area contributed by atoms with E-state index in [4.69, 9.17) is 21.1 Å². The molecule has 29 heavy (non-hydrogen) atoms. The number of nitrogens with one attached hydrogen (secondary N) is 2. The largest absolute Gasteiger partial charge is 0.454 e. The minimum Gasteiger partial charge on any atom is -0.454 e. The molecule has 0 radical (unpaired) electrons. The first-order valence-corrected chi connectivity index (χ1v) is 10.4. The molecule has 7 nitrogen and oxygen atoms in total. The molecule has 4 rings (SSSR count). The molecule has 0 aromatic heterocycles. The molecular weight excluding hydrogens is 416 g/mol. The van der Waals surface area contributed by atoms with Crippen molar-refractivity contribution < 1.29 is 22.7 Å². The lowest BCUT2D eigenvalue weighted by atomic mass is 10.2. The molecule has 0 saturated carbocycles. The van der Waals surface area contributed by atoms with E-state index in [1.54, 1.807) is 36.4 Å². The molecule has 3 aromatic rings. The summed E-state index contributed by atoms with van der Waals surface area (Å²) in [5.74, 6) is 0.710. The van der Waals surface area contributed by atoms with E-state index in [9.17, 15) is 13.2 Å². The van der Waals surface area contributed by atoms with Crippen LogP contribution in [-0.4, -0.2) is 21.1 Å². The van der Waals surface area contributed by atoms with Crippen LogP contribution in [0.5, 0.6) is 11.5 Å². The Morgan fingerprint density at radius 1 is 0.897 bits per heavy atom. The number of amides is 1. The van der Waals surface area contributed by atoms with Crippen LogP contribution in [0.3, 0.4) is 0 Å². The second-order valence-electron chi connectivity index (χ2n) is 6.14. The van der Waals surface area contributed by atoms with Crippen LogP contribution >= 0.6 is 11.6 Å². The third kappa shape index (κ3) is 4.13. The standard InChI is InChI=1S/C20H15ClN2O5S/c21-17-10-14(23-29(25,26)15-4-2-1-3-5-15)6-8-16(17)20(24)22-13-7-9-18-19(11-13)28-12-27-18/h1-11,23H,12H2,(H,22,24). The molecule has 0 unspecified atom stereocenters. The summed E-state index contributed by atoms with van der Waals surface area (Å²) in [5, 5.41) is 2.83. The van der Waals surface area contributed by atoms with E-state index in [-0.39, 0.29) is 28.0 Å². The number of rotatable bonds is 5. The van der Waals surface area contributed by atoms with Gasteiger partial charge in [-0.1, -0.05) is 29.8 Å². The Hall–Kier alpha value is -3.23. The van der Waals surface area contributed by atoms with E-state index < -0.39 is 15.9 Å². The predicted octanol–water partition coefficient (Wildman–Crippen LogP) is 4.12. The van der Waals surface area contributed by atoms with Crippen LogP contribution < -0.4 is 19.5 Å². The highest BCUT2D eigenvalue weighted by Gasteiger charge is 2.18. The highest BCUT2D eigenvalue weighted by molar-refractivity contribution is 7.92. The van der Waals surface area contributed by atoms with Crippen molar-refractivity contribution in [3.05, 3.63) is 77.3 Å². The van der Waals surface area contributed by atoms with E-state index in [1.165, 1.54) is 30.3 Å². The molecule has 1 amide bonds. The van der Waals surface area contributed by atoms with E-state index in [0.29, 0.717) is 17.2 Å². The van der Waals surface area contributed by atoms with Gasteiger partial charge in [0, 0.05) is 11.8 Å². The summed E-state index contributed by atoms with van der Waals surface area (Å²) in [6.45, 7) is 0.138. The summed E-state index contributed by atoms with van der Waals surface area (Å²) in [6, 6.07) is 17.3. The van der Waals surface area contributed by atoms with Crippen molar-refractivity contribution in [3.8, 4) is 11.5 Å². The molecule has 148 valence electrons. The van der Waals surface area contributed by atoms with Gasteiger partial charge in [-0.25, -0.2) is 8.42 Å². The SMILES string of the molecule is O=C(Nc1ccc2c(c1)OCO2)c1ccc(NS(=O)(=O)c2ccccc2)cc1Cl. The van der Waals surface area contributed by atoms with E-state index in [2.05, 4.69) is 10.0 Å². The maximum Gasteiger partial charge on any atom is 0.261 e. The zero-order chi connectivity index (χ0) is 20.4. The van der Waals surface area contributed by atoms with Gasteiger partial charge in [0.05, 0.1) is 21.2 Å². The zero-order valence-electron chi connectivity index (χ0n) is 14.9. The van der Waals surface area contributed by atoms with Crippen LogP contribution in [0.4, 0.5) is 11.4 Å². The van der Waals surface area contributed by atoms with Crippen LogP contribution in [0.1, 0.15) is 10.4 Å². The van der Waals surface area contributed by atoms with E-state index in [1.807, 2.05) is 0 Å². The lowest BCUT2D eigenvalue weighted by molar-refractivity contribution is 0.102. The molecular formula is C20H15ClN2O5S. The first-order chi connectivity index (χ1) is 13.9. The van der Waals surface area contributed by atoms with Crippen molar-refractivity contribution in [1.29, 1.82) is 0 Å². The number of hydrogen-bond acceptors (Lipinski definition) is 5. The van der Waals surface area contributed by atoms with Crippen molar-refractivity contribution >= 4 is 38.9 Å². The van der Waals surface area contributed by atoms with Gasteiger partial charge >= 0.3 is 0 Å². The summed E-state index contributed by atoms with van der Waals surface area (Å²) in [6.07, 6.45) is 0. The molecule has 0 saturated heterocycles. The molecule has 1 heterocycles. The van der Waals surface area contributed by atoms with Gasteiger partial charge in [-0.15, -0.1) is 0 Å². The monoisotopic (exact) mass is 430 g/mol. The number of benzene rings is 3. The van der Waals surface area contributed by atoms with Crippen LogP contribution in [-0.2, 0) is 10.0 Å². The number of anilines is 2. The third-order valence-electron chi connectivity index (χ3n) is 4.15. The van der Waals surface area contributed by atoms with Crippen molar-refractivity contribution in [1.82, 2.24) is 0 Å². The Morgan fingerprint density at radius 2 is 1.62 bits per heavy atom. The molecule has 0 aliphatic carbocycles. The van der Waals surface area contributed by atoms with Crippen LogP contribution in [0, 0.1) is 0 Å². The van der Waals surface area contributed by atoms with Gasteiger partial charge in [-0.3, -0.25) is 9.52 Å². The topological polar surface area (TPSA) is 93.7 Å². The van der Waals surface area contributed by atoms with E-state index in [0.717, 1.165) is 0 Å². The molecule has 0 bridgehead atoms. The second-order valence-corrected chi connectivity index (χ2v) is 8.22. The van der Waals surface area contributed by atoms with Crippen LogP contribution in [0.15, 0.2) is 71.6 Å². The Morgan fingerprint density at radius 3 is 2.38 bits per heavy atom. The number of sulfonamides is 1. The number of carbonyl (C=O) groups excluding carboxylic acids is 1. The van der Waals surface area contributed by atoms with Gasteiger partial charge in [0.25, 0.3) is 15.9 Å². The zero-order valence-corrected chi connectivity index (χ0v) is 16.5. The summed E-state index contributed by atoms with van der Waals surface area (Å²) < 4.78 is 37.8. The summed E-state index contributed by atoms with van der Waals surface area (Å²) in [5.41, 5.74) is 0.967. The fraction of sp³-hybridized carbons (Fsp3) is 0.0500. The van der Waals surface area contributed by atoms with Crippen LogP contribution in [0.2, 0.25) is 5.02 Å². The first-order valence-electron chi connectivity index (χ1n) is 8.51. The maximum absolute atomic E-state index is 12.5. The Balaban J connectivity index is 1.50. The number of halogens is 1. The molecule has 9 heteroatoms. The van der Waals surface area contributed by atoms with E-state index >= 15 is 0 Å². The molecule has 0 atom stereocenters. The predicted molar refractivity (Wildman–Crippen MR) is 109 cm³/mol. The molecule has 1 aliphatic heterocycles. The minimum absolute atomic E-state index is 0.108. The number of fused-ring (bicyclic) bond motifs is 1. The molecule has 3 aromatic carbocycles. The highest BCUT2D eigenvalue weighted by atomic mass is 35.5. The molecule has 2 N–H and O–H groups in total. The summed E-state index contributed by atoms with van der Waals surface area (Å²) in [7, 11) is -3.75.